The molecule has 0 radical (unpaired) electrons. The zero-order chi connectivity index (χ0) is 16.8. The third kappa shape index (κ3) is 4.38. The standard InChI is InChI=1S/C17H15ClN2O3/c1-11-3-5-13(18)8-14(11)20-17(21)10-23-15-6-4-12(9-19)7-16(15)22-2/h3-8H,10H2,1-2H3,(H,20,21). The lowest BCUT2D eigenvalue weighted by Gasteiger charge is -2.12. The fourth-order valence-electron chi connectivity index (χ4n) is 1.91. The minimum Gasteiger partial charge on any atom is -0.493 e. The monoisotopic (exact) mass is 330 g/mol. The third-order valence-corrected chi connectivity index (χ3v) is 3.36. The van der Waals surface area contributed by atoms with Crippen molar-refractivity contribution in [2.24, 2.45) is 0 Å². The molecule has 0 atom stereocenters. The number of hydrogen-bond acceptors (Lipinski definition) is 4. The second kappa shape index (κ2) is 7.52. The van der Waals surface area contributed by atoms with Crippen molar-refractivity contribution in [3.8, 4) is 17.6 Å². The maximum atomic E-state index is 12.0. The first-order valence-electron chi connectivity index (χ1n) is 6.80. The molecule has 0 saturated carbocycles. The number of nitrogens with one attached hydrogen (secondary N) is 1. The molecule has 0 aliphatic rings. The summed E-state index contributed by atoms with van der Waals surface area (Å²) in [7, 11) is 1.47. The quantitative estimate of drug-likeness (QED) is 0.910. The van der Waals surface area contributed by atoms with Crippen molar-refractivity contribution in [3.05, 3.63) is 52.5 Å². The van der Waals surface area contributed by atoms with Gasteiger partial charge < -0.3 is 14.8 Å². The third-order valence-electron chi connectivity index (χ3n) is 3.13. The molecule has 2 rings (SSSR count). The number of aryl methyl sites for hydroxylation is 1. The number of methoxy groups -OCH3 is 1. The largest absolute Gasteiger partial charge is 0.493 e. The van der Waals surface area contributed by atoms with Crippen LogP contribution in [0, 0.1) is 18.3 Å². The summed E-state index contributed by atoms with van der Waals surface area (Å²) in [6.07, 6.45) is 0. The molecule has 118 valence electrons. The van der Waals surface area contributed by atoms with E-state index in [4.69, 9.17) is 26.3 Å². The first-order chi connectivity index (χ1) is 11.0. The van der Waals surface area contributed by atoms with Crippen LogP contribution in [0.15, 0.2) is 36.4 Å². The summed E-state index contributed by atoms with van der Waals surface area (Å²) in [6.45, 7) is 1.69. The molecule has 2 aromatic rings. The highest BCUT2D eigenvalue weighted by Gasteiger charge is 2.10. The number of anilines is 1. The Morgan fingerprint density at radius 2 is 2.04 bits per heavy atom. The molecular formula is C17H15ClN2O3. The summed E-state index contributed by atoms with van der Waals surface area (Å²) in [5.41, 5.74) is 1.99. The van der Waals surface area contributed by atoms with Gasteiger partial charge in [0.25, 0.3) is 5.91 Å². The normalized spacial score (nSPS) is 9.83. The van der Waals surface area contributed by atoms with Crippen molar-refractivity contribution in [1.82, 2.24) is 0 Å². The molecule has 6 heteroatoms. The fourth-order valence-corrected chi connectivity index (χ4v) is 2.09. The molecule has 1 N–H and O–H groups in total. The second-order valence-corrected chi connectivity index (χ2v) is 5.21. The summed E-state index contributed by atoms with van der Waals surface area (Å²) in [6, 6.07) is 12.0. The van der Waals surface area contributed by atoms with E-state index in [1.807, 2.05) is 19.1 Å². The Labute approximate surface area is 139 Å². The molecule has 0 aliphatic heterocycles. The van der Waals surface area contributed by atoms with Crippen LogP contribution >= 0.6 is 11.6 Å². The SMILES string of the molecule is COc1cc(C#N)ccc1OCC(=O)Nc1cc(Cl)ccc1C. The molecule has 0 bridgehead atoms. The van der Waals surface area contributed by atoms with Gasteiger partial charge in [0.2, 0.25) is 0 Å². The van der Waals surface area contributed by atoms with Crippen LogP contribution in [-0.2, 0) is 4.79 Å². The maximum Gasteiger partial charge on any atom is 0.262 e. The number of carbonyl (C=O) groups excluding carboxylic acids is 1. The average Bonchev–Trinajstić information content (AvgIpc) is 2.56. The van der Waals surface area contributed by atoms with Gasteiger partial charge in [-0.15, -0.1) is 0 Å². The molecule has 0 heterocycles. The van der Waals surface area contributed by atoms with Crippen LogP contribution in [0.3, 0.4) is 0 Å². The van der Waals surface area contributed by atoms with E-state index in [1.165, 1.54) is 7.11 Å². The van der Waals surface area contributed by atoms with Gasteiger partial charge in [-0.3, -0.25) is 4.79 Å². The molecule has 1 amide bonds. The van der Waals surface area contributed by atoms with Crippen molar-refractivity contribution >= 4 is 23.2 Å². The predicted molar refractivity (Wildman–Crippen MR) is 88.0 cm³/mol. The molecule has 0 aliphatic carbocycles. The molecule has 5 nitrogen and oxygen atoms in total. The van der Waals surface area contributed by atoms with Crippen LogP contribution < -0.4 is 14.8 Å². The second-order valence-electron chi connectivity index (χ2n) is 4.77. The molecule has 0 spiro atoms. The van der Waals surface area contributed by atoms with E-state index in [0.29, 0.717) is 27.8 Å². The number of hydrogen-bond donors (Lipinski definition) is 1. The van der Waals surface area contributed by atoms with E-state index in [2.05, 4.69) is 5.32 Å². The zero-order valence-electron chi connectivity index (χ0n) is 12.7. The number of nitriles is 1. The van der Waals surface area contributed by atoms with Crippen molar-refractivity contribution in [1.29, 1.82) is 5.26 Å². The first kappa shape index (κ1) is 16.7. The Bertz CT molecular complexity index is 769. The van der Waals surface area contributed by atoms with Crippen LogP contribution in [-0.4, -0.2) is 19.6 Å². The Balaban J connectivity index is 2.02. The summed E-state index contributed by atoms with van der Waals surface area (Å²) < 4.78 is 10.6. The van der Waals surface area contributed by atoms with E-state index in [9.17, 15) is 4.79 Å². The minimum absolute atomic E-state index is 0.186. The van der Waals surface area contributed by atoms with E-state index >= 15 is 0 Å². The van der Waals surface area contributed by atoms with Gasteiger partial charge in [-0.2, -0.15) is 5.26 Å². The lowest BCUT2D eigenvalue weighted by atomic mass is 10.2. The lowest BCUT2D eigenvalue weighted by Crippen LogP contribution is -2.20. The van der Waals surface area contributed by atoms with Crippen LogP contribution in [0.2, 0.25) is 5.02 Å². The highest BCUT2D eigenvalue weighted by molar-refractivity contribution is 6.31. The summed E-state index contributed by atoms with van der Waals surface area (Å²) in [5.74, 6) is 0.474. The van der Waals surface area contributed by atoms with Gasteiger partial charge in [-0.05, 0) is 36.8 Å². The highest BCUT2D eigenvalue weighted by atomic mass is 35.5. The van der Waals surface area contributed by atoms with E-state index < -0.39 is 0 Å². The van der Waals surface area contributed by atoms with Crippen LogP contribution in [0.25, 0.3) is 0 Å². The predicted octanol–water partition coefficient (Wildman–Crippen LogP) is 3.55. The first-order valence-corrected chi connectivity index (χ1v) is 7.18. The Morgan fingerprint density at radius 3 is 2.74 bits per heavy atom. The number of amides is 1. The zero-order valence-corrected chi connectivity index (χ0v) is 13.5. The number of rotatable bonds is 5. The summed E-state index contributed by atoms with van der Waals surface area (Å²) in [5, 5.41) is 12.1. The van der Waals surface area contributed by atoms with Gasteiger partial charge in [0.05, 0.1) is 18.7 Å². The van der Waals surface area contributed by atoms with E-state index in [0.717, 1.165) is 5.56 Å². The number of halogens is 1. The van der Waals surface area contributed by atoms with Gasteiger partial charge in [0, 0.05) is 16.8 Å². The molecule has 0 unspecified atom stereocenters. The van der Waals surface area contributed by atoms with Gasteiger partial charge in [-0.25, -0.2) is 0 Å². The molecule has 2 aromatic carbocycles. The van der Waals surface area contributed by atoms with Gasteiger partial charge >= 0.3 is 0 Å². The molecule has 0 aromatic heterocycles. The smallest absolute Gasteiger partial charge is 0.262 e. The van der Waals surface area contributed by atoms with Crippen molar-refractivity contribution < 1.29 is 14.3 Å². The van der Waals surface area contributed by atoms with E-state index in [1.54, 1.807) is 30.3 Å². The van der Waals surface area contributed by atoms with Gasteiger partial charge in [-0.1, -0.05) is 17.7 Å². The van der Waals surface area contributed by atoms with Crippen molar-refractivity contribution in [2.75, 3.05) is 19.0 Å². The van der Waals surface area contributed by atoms with Gasteiger partial charge in [0.15, 0.2) is 18.1 Å². The topological polar surface area (TPSA) is 71.3 Å². The number of benzene rings is 2. The Hall–Kier alpha value is -2.71. The van der Waals surface area contributed by atoms with Crippen LogP contribution in [0.4, 0.5) is 5.69 Å². The molecule has 23 heavy (non-hydrogen) atoms. The number of carbonyl (C=O) groups is 1. The lowest BCUT2D eigenvalue weighted by molar-refractivity contribution is -0.118. The van der Waals surface area contributed by atoms with Crippen LogP contribution in [0.5, 0.6) is 11.5 Å². The Kier molecular flexibility index (Phi) is 5.45. The van der Waals surface area contributed by atoms with Gasteiger partial charge in [0.1, 0.15) is 0 Å². The fraction of sp³-hybridized carbons (Fsp3) is 0.176. The van der Waals surface area contributed by atoms with Crippen LogP contribution in [0.1, 0.15) is 11.1 Å². The number of nitrogens with zero attached hydrogens (tertiary/aromatic N) is 1. The minimum atomic E-state index is -0.318. The average molecular weight is 331 g/mol. The molecule has 0 fully saturated rings. The van der Waals surface area contributed by atoms with Crippen molar-refractivity contribution in [3.63, 3.8) is 0 Å². The highest BCUT2D eigenvalue weighted by Crippen LogP contribution is 2.28. The summed E-state index contributed by atoms with van der Waals surface area (Å²) >= 11 is 5.92. The molecular weight excluding hydrogens is 316 g/mol. The Morgan fingerprint density at radius 1 is 1.26 bits per heavy atom. The maximum absolute atomic E-state index is 12.0. The van der Waals surface area contributed by atoms with E-state index in [-0.39, 0.29) is 12.5 Å². The number of ether oxygens (including phenoxy) is 2. The molecule has 0 saturated heterocycles. The van der Waals surface area contributed by atoms with Crippen molar-refractivity contribution in [2.45, 2.75) is 6.92 Å². The summed E-state index contributed by atoms with van der Waals surface area (Å²) in [4.78, 5) is 12.0.